The molecule has 166 valence electrons. The molecule has 1 atom stereocenters. The standard InChI is InChI=1S/C27H23NO5/c1-4-23(24(29)18-8-6-5-7-9-18)33-27(32)19-11-13-21-22(15-19)26(31)28(25(21)30)20-12-10-16(2)17(3)14-20/h5-15,23H,4H2,1-3H3/t23-/m1/s1. The van der Waals surface area contributed by atoms with E-state index in [9.17, 15) is 19.2 Å². The number of benzene rings is 3. The number of anilines is 1. The molecule has 0 N–H and O–H groups in total. The van der Waals surface area contributed by atoms with Crippen LogP contribution in [0, 0.1) is 13.8 Å². The number of ether oxygens (including phenoxy) is 1. The van der Waals surface area contributed by atoms with Crippen LogP contribution in [0.25, 0.3) is 0 Å². The number of hydrogen-bond acceptors (Lipinski definition) is 5. The predicted molar refractivity (Wildman–Crippen MR) is 124 cm³/mol. The topological polar surface area (TPSA) is 80.8 Å². The molecule has 3 aromatic carbocycles. The zero-order valence-corrected chi connectivity index (χ0v) is 18.6. The summed E-state index contributed by atoms with van der Waals surface area (Å²) in [6.45, 7) is 5.61. The number of amides is 2. The second-order valence-corrected chi connectivity index (χ2v) is 8.01. The zero-order chi connectivity index (χ0) is 23.7. The number of imide groups is 1. The average Bonchev–Trinajstić information content (AvgIpc) is 3.08. The number of rotatable bonds is 6. The van der Waals surface area contributed by atoms with E-state index in [4.69, 9.17) is 4.74 Å². The van der Waals surface area contributed by atoms with E-state index in [0.717, 1.165) is 16.0 Å². The number of hydrogen-bond donors (Lipinski definition) is 0. The van der Waals surface area contributed by atoms with Gasteiger partial charge in [-0.1, -0.05) is 43.3 Å². The van der Waals surface area contributed by atoms with Crippen LogP contribution in [0.4, 0.5) is 5.69 Å². The highest BCUT2D eigenvalue weighted by Gasteiger charge is 2.37. The van der Waals surface area contributed by atoms with Gasteiger partial charge in [-0.15, -0.1) is 0 Å². The first-order chi connectivity index (χ1) is 15.8. The molecule has 6 nitrogen and oxygen atoms in total. The Morgan fingerprint density at radius 1 is 0.818 bits per heavy atom. The Labute approximate surface area is 191 Å². The van der Waals surface area contributed by atoms with Crippen LogP contribution in [0.2, 0.25) is 0 Å². The number of fused-ring (bicyclic) bond motifs is 1. The van der Waals surface area contributed by atoms with E-state index in [2.05, 4.69) is 0 Å². The molecule has 0 saturated heterocycles. The number of esters is 1. The molecule has 4 rings (SSSR count). The van der Waals surface area contributed by atoms with Crippen molar-refractivity contribution in [2.75, 3.05) is 4.90 Å². The van der Waals surface area contributed by atoms with Crippen molar-refractivity contribution >= 4 is 29.3 Å². The first-order valence-corrected chi connectivity index (χ1v) is 10.7. The first kappa shape index (κ1) is 22.1. The molecule has 1 aliphatic rings. The minimum atomic E-state index is -0.947. The molecule has 0 saturated carbocycles. The van der Waals surface area contributed by atoms with Crippen molar-refractivity contribution in [3.05, 3.63) is 100 Å². The predicted octanol–water partition coefficient (Wildman–Crippen LogP) is 4.92. The Hall–Kier alpha value is -4.06. The van der Waals surface area contributed by atoms with E-state index in [1.54, 1.807) is 49.4 Å². The van der Waals surface area contributed by atoms with E-state index in [-0.39, 0.29) is 22.5 Å². The largest absolute Gasteiger partial charge is 0.450 e. The van der Waals surface area contributed by atoms with Gasteiger partial charge in [0.2, 0.25) is 5.78 Å². The van der Waals surface area contributed by atoms with Gasteiger partial charge in [0.25, 0.3) is 11.8 Å². The minimum Gasteiger partial charge on any atom is -0.450 e. The number of carbonyl (C=O) groups excluding carboxylic acids is 4. The van der Waals surface area contributed by atoms with Crippen molar-refractivity contribution in [2.45, 2.75) is 33.3 Å². The summed E-state index contributed by atoms with van der Waals surface area (Å²) in [6.07, 6.45) is -0.639. The van der Waals surface area contributed by atoms with E-state index < -0.39 is 23.9 Å². The highest BCUT2D eigenvalue weighted by Crippen LogP contribution is 2.30. The van der Waals surface area contributed by atoms with Gasteiger partial charge in [0, 0.05) is 5.56 Å². The first-order valence-electron chi connectivity index (χ1n) is 10.7. The van der Waals surface area contributed by atoms with E-state index in [1.165, 1.54) is 18.2 Å². The number of aryl methyl sites for hydroxylation is 2. The number of Topliss-reactive ketones (excluding diaryl/α,β-unsaturated/α-hetero) is 1. The van der Waals surface area contributed by atoms with Crippen LogP contribution in [0.3, 0.4) is 0 Å². The molecule has 0 aromatic heterocycles. The molecule has 1 aliphatic heterocycles. The van der Waals surface area contributed by atoms with Gasteiger partial charge in [0.05, 0.1) is 22.4 Å². The number of ketones is 1. The molecule has 3 aromatic rings. The normalized spacial score (nSPS) is 13.6. The summed E-state index contributed by atoms with van der Waals surface area (Å²) in [5.74, 6) is -1.96. The number of carbonyl (C=O) groups is 4. The lowest BCUT2D eigenvalue weighted by molar-refractivity contribution is 0.0277. The zero-order valence-electron chi connectivity index (χ0n) is 18.6. The van der Waals surface area contributed by atoms with Gasteiger partial charge in [0.1, 0.15) is 0 Å². The molecule has 0 fully saturated rings. The summed E-state index contributed by atoms with van der Waals surface area (Å²) < 4.78 is 5.47. The summed E-state index contributed by atoms with van der Waals surface area (Å²) in [7, 11) is 0. The molecule has 33 heavy (non-hydrogen) atoms. The molecule has 1 heterocycles. The molecule has 0 aliphatic carbocycles. The molecule has 0 bridgehead atoms. The van der Waals surface area contributed by atoms with Gasteiger partial charge < -0.3 is 4.74 Å². The fourth-order valence-electron chi connectivity index (χ4n) is 3.77. The summed E-state index contributed by atoms with van der Waals surface area (Å²) in [5, 5.41) is 0. The highest BCUT2D eigenvalue weighted by molar-refractivity contribution is 6.34. The third-order valence-electron chi connectivity index (χ3n) is 5.84. The van der Waals surface area contributed by atoms with Crippen LogP contribution < -0.4 is 4.90 Å². The Balaban J connectivity index is 1.58. The second kappa shape index (κ2) is 8.82. The number of nitrogens with zero attached hydrogens (tertiary/aromatic N) is 1. The summed E-state index contributed by atoms with van der Waals surface area (Å²) in [4.78, 5) is 52.5. The SMILES string of the molecule is CC[C@@H](OC(=O)c1ccc2c(c1)C(=O)N(c1ccc(C)c(C)c1)C2=O)C(=O)c1ccccc1. The Morgan fingerprint density at radius 3 is 2.18 bits per heavy atom. The van der Waals surface area contributed by atoms with Gasteiger partial charge in [-0.05, 0) is 61.7 Å². The molecule has 0 unspecified atom stereocenters. The van der Waals surface area contributed by atoms with Crippen molar-refractivity contribution in [3.63, 3.8) is 0 Å². The third kappa shape index (κ3) is 4.07. The molecule has 0 radical (unpaired) electrons. The Kier molecular flexibility index (Phi) is 5.92. The Bertz CT molecular complexity index is 1280. The lowest BCUT2D eigenvalue weighted by Gasteiger charge is -2.15. The van der Waals surface area contributed by atoms with E-state index >= 15 is 0 Å². The average molecular weight is 441 g/mol. The summed E-state index contributed by atoms with van der Waals surface area (Å²) in [5.41, 5.74) is 3.41. The van der Waals surface area contributed by atoms with Crippen molar-refractivity contribution in [1.82, 2.24) is 0 Å². The third-order valence-corrected chi connectivity index (χ3v) is 5.84. The maximum Gasteiger partial charge on any atom is 0.338 e. The van der Waals surface area contributed by atoms with Crippen molar-refractivity contribution in [2.24, 2.45) is 0 Å². The highest BCUT2D eigenvalue weighted by atomic mass is 16.5. The summed E-state index contributed by atoms with van der Waals surface area (Å²) >= 11 is 0. The lowest BCUT2D eigenvalue weighted by Crippen LogP contribution is -2.29. The smallest absolute Gasteiger partial charge is 0.338 e. The maximum atomic E-state index is 13.0. The molecular weight excluding hydrogens is 418 g/mol. The van der Waals surface area contributed by atoms with Crippen LogP contribution in [0.1, 0.15) is 65.9 Å². The molecule has 6 heteroatoms. The van der Waals surface area contributed by atoms with Crippen LogP contribution in [-0.4, -0.2) is 29.7 Å². The van der Waals surface area contributed by atoms with Crippen LogP contribution in [-0.2, 0) is 4.74 Å². The quantitative estimate of drug-likeness (QED) is 0.308. The summed E-state index contributed by atoms with van der Waals surface area (Å²) in [6, 6.07) is 18.2. The minimum absolute atomic E-state index is 0.108. The lowest BCUT2D eigenvalue weighted by atomic mass is 10.0. The van der Waals surface area contributed by atoms with Crippen LogP contribution in [0.5, 0.6) is 0 Å². The van der Waals surface area contributed by atoms with Crippen molar-refractivity contribution in [3.8, 4) is 0 Å². The van der Waals surface area contributed by atoms with Gasteiger partial charge in [-0.25, -0.2) is 9.69 Å². The fraction of sp³-hybridized carbons (Fsp3) is 0.185. The van der Waals surface area contributed by atoms with E-state index in [1.807, 2.05) is 19.9 Å². The molecule has 0 spiro atoms. The van der Waals surface area contributed by atoms with Gasteiger partial charge >= 0.3 is 5.97 Å². The van der Waals surface area contributed by atoms with Crippen molar-refractivity contribution in [1.29, 1.82) is 0 Å². The van der Waals surface area contributed by atoms with Gasteiger partial charge in [-0.3, -0.25) is 14.4 Å². The molecular formula is C27H23NO5. The Morgan fingerprint density at radius 2 is 1.52 bits per heavy atom. The van der Waals surface area contributed by atoms with Crippen LogP contribution in [0.15, 0.2) is 66.7 Å². The monoisotopic (exact) mass is 441 g/mol. The van der Waals surface area contributed by atoms with E-state index in [0.29, 0.717) is 17.7 Å². The van der Waals surface area contributed by atoms with Crippen LogP contribution >= 0.6 is 0 Å². The molecule has 2 amide bonds. The fourth-order valence-corrected chi connectivity index (χ4v) is 3.77. The maximum absolute atomic E-state index is 13.0. The second-order valence-electron chi connectivity index (χ2n) is 8.01. The van der Waals surface area contributed by atoms with Gasteiger partial charge in [0.15, 0.2) is 6.10 Å². The van der Waals surface area contributed by atoms with Gasteiger partial charge in [-0.2, -0.15) is 0 Å². The van der Waals surface area contributed by atoms with Crippen molar-refractivity contribution < 1.29 is 23.9 Å².